The third-order valence-electron chi connectivity index (χ3n) is 3.88. The summed E-state index contributed by atoms with van der Waals surface area (Å²) in [7, 11) is 0. The maximum absolute atomic E-state index is 10.2. The third-order valence-corrected chi connectivity index (χ3v) is 3.88. The summed E-state index contributed by atoms with van der Waals surface area (Å²) in [6.07, 6.45) is 5.08. The Morgan fingerprint density at radius 3 is 2.29 bits per heavy atom. The molecule has 2 heteroatoms. The van der Waals surface area contributed by atoms with Crippen molar-refractivity contribution in [2.24, 2.45) is 11.8 Å². The molecule has 0 aromatic rings. The van der Waals surface area contributed by atoms with Crippen molar-refractivity contribution in [3.63, 3.8) is 0 Å². The predicted octanol–water partition coefficient (Wildman–Crippen LogP) is 1.88. The molecule has 0 aromatic carbocycles. The maximum Gasteiger partial charge on any atom is 0.0774 e. The van der Waals surface area contributed by atoms with Gasteiger partial charge in [0.2, 0.25) is 0 Å². The molecule has 0 aromatic heterocycles. The summed E-state index contributed by atoms with van der Waals surface area (Å²) in [4.78, 5) is 2.44. The van der Waals surface area contributed by atoms with Crippen LogP contribution < -0.4 is 0 Å². The van der Waals surface area contributed by atoms with Gasteiger partial charge in [0.1, 0.15) is 0 Å². The number of likely N-dealkylation sites (tertiary alicyclic amines) is 1. The van der Waals surface area contributed by atoms with Gasteiger partial charge in [0.15, 0.2) is 0 Å². The van der Waals surface area contributed by atoms with E-state index in [1.54, 1.807) is 0 Å². The van der Waals surface area contributed by atoms with E-state index in [9.17, 15) is 5.11 Å². The van der Waals surface area contributed by atoms with Crippen molar-refractivity contribution in [3.8, 4) is 0 Å². The molecule has 0 spiro atoms. The van der Waals surface area contributed by atoms with Crippen LogP contribution in [0.15, 0.2) is 0 Å². The summed E-state index contributed by atoms with van der Waals surface area (Å²) in [5.41, 5.74) is -0.416. The second-order valence-corrected chi connectivity index (χ2v) is 5.59. The number of hydrogen-bond acceptors (Lipinski definition) is 2. The lowest BCUT2D eigenvalue weighted by Gasteiger charge is -2.35. The Bertz CT molecular complexity index is 190. The first kappa shape index (κ1) is 10.4. The first-order valence-electron chi connectivity index (χ1n) is 6.02. The van der Waals surface area contributed by atoms with E-state index in [0.29, 0.717) is 5.92 Å². The summed E-state index contributed by atoms with van der Waals surface area (Å²) < 4.78 is 0. The van der Waals surface area contributed by atoms with Gasteiger partial charge >= 0.3 is 0 Å². The second-order valence-electron chi connectivity index (χ2n) is 5.59. The van der Waals surface area contributed by atoms with Gasteiger partial charge in [-0.1, -0.05) is 6.92 Å². The van der Waals surface area contributed by atoms with Gasteiger partial charge in [0, 0.05) is 6.54 Å². The Morgan fingerprint density at radius 2 is 1.79 bits per heavy atom. The fourth-order valence-corrected chi connectivity index (χ4v) is 2.51. The lowest BCUT2D eigenvalue weighted by molar-refractivity contribution is -0.00743. The molecule has 1 saturated carbocycles. The minimum atomic E-state index is -0.416. The summed E-state index contributed by atoms with van der Waals surface area (Å²) in [5.74, 6) is 1.47. The molecule has 2 aliphatic rings. The van der Waals surface area contributed by atoms with Crippen LogP contribution >= 0.6 is 0 Å². The highest BCUT2D eigenvalue weighted by atomic mass is 16.3. The molecule has 1 heterocycles. The Morgan fingerprint density at radius 1 is 1.21 bits per heavy atom. The van der Waals surface area contributed by atoms with Gasteiger partial charge in [-0.05, 0) is 57.5 Å². The van der Waals surface area contributed by atoms with Crippen molar-refractivity contribution in [2.45, 2.75) is 45.1 Å². The highest BCUT2D eigenvalue weighted by Crippen LogP contribution is 2.40. The van der Waals surface area contributed by atoms with E-state index in [2.05, 4.69) is 11.8 Å². The number of rotatable bonds is 3. The Hall–Kier alpha value is -0.0800. The average molecular weight is 197 g/mol. The van der Waals surface area contributed by atoms with E-state index in [4.69, 9.17) is 0 Å². The van der Waals surface area contributed by atoms with Gasteiger partial charge in [-0.15, -0.1) is 0 Å². The molecule has 0 amide bonds. The summed E-state index contributed by atoms with van der Waals surface area (Å²) in [5, 5.41) is 10.2. The van der Waals surface area contributed by atoms with Crippen LogP contribution in [-0.4, -0.2) is 35.2 Å². The molecule has 2 nitrogen and oxygen atoms in total. The molecule has 14 heavy (non-hydrogen) atoms. The molecule has 1 N–H and O–H groups in total. The molecule has 2 fully saturated rings. The van der Waals surface area contributed by atoms with Crippen LogP contribution in [0.1, 0.15) is 39.5 Å². The SMILES string of the molecule is CC1CCN(CC(C)(O)C2CC2)CC1. The monoisotopic (exact) mass is 197 g/mol. The number of β-amino-alcohol motifs (C(OH)–C–C–N with tert-alkyl or cyclic N) is 1. The van der Waals surface area contributed by atoms with E-state index in [1.165, 1.54) is 38.8 Å². The third kappa shape index (κ3) is 2.48. The number of hydrogen-bond donors (Lipinski definition) is 1. The predicted molar refractivity (Wildman–Crippen MR) is 58.2 cm³/mol. The lowest BCUT2D eigenvalue weighted by atomic mass is 9.95. The molecule has 1 saturated heterocycles. The van der Waals surface area contributed by atoms with Crippen LogP contribution in [0.2, 0.25) is 0 Å². The molecule has 2 rings (SSSR count). The number of piperidine rings is 1. The molecule has 0 bridgehead atoms. The van der Waals surface area contributed by atoms with Crippen molar-refractivity contribution >= 4 is 0 Å². The van der Waals surface area contributed by atoms with E-state index in [1.807, 2.05) is 6.92 Å². The van der Waals surface area contributed by atoms with Gasteiger partial charge in [-0.3, -0.25) is 0 Å². The van der Waals surface area contributed by atoms with E-state index < -0.39 is 5.60 Å². The van der Waals surface area contributed by atoms with Gasteiger partial charge in [-0.2, -0.15) is 0 Å². The molecule has 82 valence electrons. The Balaban J connectivity index is 1.79. The van der Waals surface area contributed by atoms with Crippen LogP contribution in [0, 0.1) is 11.8 Å². The summed E-state index contributed by atoms with van der Waals surface area (Å²) in [6, 6.07) is 0. The van der Waals surface area contributed by atoms with E-state index in [0.717, 1.165) is 12.5 Å². The topological polar surface area (TPSA) is 23.5 Å². The van der Waals surface area contributed by atoms with Crippen LogP contribution in [-0.2, 0) is 0 Å². The van der Waals surface area contributed by atoms with Gasteiger partial charge in [0.05, 0.1) is 5.60 Å². The second kappa shape index (κ2) is 3.82. The fourth-order valence-electron chi connectivity index (χ4n) is 2.51. The first-order valence-corrected chi connectivity index (χ1v) is 6.02. The highest BCUT2D eigenvalue weighted by Gasteiger charge is 2.41. The standard InChI is InChI=1S/C12H23NO/c1-10-5-7-13(8-6-10)9-12(2,14)11-3-4-11/h10-11,14H,3-9H2,1-2H3. The van der Waals surface area contributed by atoms with Crippen LogP contribution in [0.3, 0.4) is 0 Å². The number of nitrogens with zero attached hydrogens (tertiary/aromatic N) is 1. The molecule has 1 atom stereocenters. The van der Waals surface area contributed by atoms with Crippen LogP contribution in [0.25, 0.3) is 0 Å². The lowest BCUT2D eigenvalue weighted by Crippen LogP contribution is -2.45. The quantitative estimate of drug-likeness (QED) is 0.746. The van der Waals surface area contributed by atoms with Crippen molar-refractivity contribution in [3.05, 3.63) is 0 Å². The molecule has 1 unspecified atom stereocenters. The molecule has 1 aliphatic carbocycles. The summed E-state index contributed by atoms with van der Waals surface area (Å²) >= 11 is 0. The molecular weight excluding hydrogens is 174 g/mol. The van der Waals surface area contributed by atoms with Crippen molar-refractivity contribution in [1.29, 1.82) is 0 Å². The molecule has 0 radical (unpaired) electrons. The van der Waals surface area contributed by atoms with Gasteiger partial charge in [0.25, 0.3) is 0 Å². The summed E-state index contributed by atoms with van der Waals surface area (Å²) in [6.45, 7) is 7.61. The van der Waals surface area contributed by atoms with Gasteiger partial charge < -0.3 is 10.0 Å². The van der Waals surface area contributed by atoms with Crippen molar-refractivity contribution in [1.82, 2.24) is 4.90 Å². The number of aliphatic hydroxyl groups is 1. The van der Waals surface area contributed by atoms with Crippen molar-refractivity contribution < 1.29 is 5.11 Å². The zero-order valence-electron chi connectivity index (χ0n) is 9.50. The minimum Gasteiger partial charge on any atom is -0.389 e. The average Bonchev–Trinajstić information content (AvgIpc) is 2.91. The zero-order chi connectivity index (χ0) is 10.2. The largest absolute Gasteiger partial charge is 0.389 e. The van der Waals surface area contributed by atoms with E-state index >= 15 is 0 Å². The smallest absolute Gasteiger partial charge is 0.0774 e. The van der Waals surface area contributed by atoms with Crippen LogP contribution in [0.5, 0.6) is 0 Å². The van der Waals surface area contributed by atoms with Gasteiger partial charge in [-0.25, -0.2) is 0 Å². The minimum absolute atomic E-state index is 0.416. The first-order chi connectivity index (χ1) is 6.58. The Kier molecular flexibility index (Phi) is 2.85. The van der Waals surface area contributed by atoms with Crippen LogP contribution in [0.4, 0.5) is 0 Å². The highest BCUT2D eigenvalue weighted by molar-refractivity contribution is 4.93. The molecule has 1 aliphatic heterocycles. The zero-order valence-corrected chi connectivity index (χ0v) is 9.50. The fraction of sp³-hybridized carbons (Fsp3) is 1.00. The van der Waals surface area contributed by atoms with E-state index in [-0.39, 0.29) is 0 Å². The maximum atomic E-state index is 10.2. The molecular formula is C12H23NO. The normalized spacial score (nSPS) is 30.2. The Labute approximate surface area is 87.3 Å². The van der Waals surface area contributed by atoms with Crippen molar-refractivity contribution in [2.75, 3.05) is 19.6 Å².